The van der Waals surface area contributed by atoms with Crippen LogP contribution in [0.2, 0.25) is 0 Å². The van der Waals surface area contributed by atoms with E-state index in [9.17, 15) is 9.59 Å². The molecule has 19 heavy (non-hydrogen) atoms. The summed E-state index contributed by atoms with van der Waals surface area (Å²) < 4.78 is 0. The normalized spacial score (nSPS) is 19.9. The molecule has 0 N–H and O–H groups in total. The summed E-state index contributed by atoms with van der Waals surface area (Å²) in [7, 11) is 0. The summed E-state index contributed by atoms with van der Waals surface area (Å²) in [4.78, 5) is 26.0. The first-order valence-corrected chi connectivity index (χ1v) is 6.43. The van der Waals surface area contributed by atoms with Crippen LogP contribution in [-0.4, -0.2) is 16.7 Å². The van der Waals surface area contributed by atoms with Gasteiger partial charge in [-0.05, 0) is 5.56 Å². The first-order chi connectivity index (χ1) is 8.82. The van der Waals surface area contributed by atoms with Crippen molar-refractivity contribution in [2.45, 2.75) is 33.2 Å². The molecule has 1 aromatic carbocycles. The number of imide groups is 1. The summed E-state index contributed by atoms with van der Waals surface area (Å²) >= 11 is 0. The van der Waals surface area contributed by atoms with E-state index in [0.717, 1.165) is 5.56 Å². The second kappa shape index (κ2) is 4.65. The highest BCUT2D eigenvalue weighted by Gasteiger charge is 2.42. The lowest BCUT2D eigenvalue weighted by atomic mass is 9.93. The second-order valence-electron chi connectivity index (χ2n) is 5.96. The quantitative estimate of drug-likeness (QED) is 0.725. The molecule has 3 heteroatoms. The van der Waals surface area contributed by atoms with E-state index >= 15 is 0 Å². The molecule has 1 aliphatic rings. The summed E-state index contributed by atoms with van der Waals surface area (Å²) in [6.45, 7) is 9.26. The Morgan fingerprint density at radius 1 is 1.26 bits per heavy atom. The van der Waals surface area contributed by atoms with Crippen LogP contribution in [0.5, 0.6) is 0 Å². The third-order valence-corrected chi connectivity index (χ3v) is 3.32. The molecule has 1 atom stereocenters. The van der Waals surface area contributed by atoms with Gasteiger partial charge in [-0.1, -0.05) is 57.7 Å². The maximum Gasteiger partial charge on any atom is 0.256 e. The lowest BCUT2D eigenvalue weighted by Gasteiger charge is -2.29. The average molecular weight is 257 g/mol. The maximum absolute atomic E-state index is 12.5. The summed E-state index contributed by atoms with van der Waals surface area (Å²) in [6.07, 6.45) is 0.519. The maximum atomic E-state index is 12.5. The summed E-state index contributed by atoms with van der Waals surface area (Å²) in [5, 5.41) is 0. The van der Waals surface area contributed by atoms with Crippen LogP contribution in [0.15, 0.2) is 42.5 Å². The Kier molecular flexibility index (Phi) is 3.31. The fraction of sp³-hybridized carbons (Fsp3) is 0.375. The second-order valence-corrected chi connectivity index (χ2v) is 5.96. The van der Waals surface area contributed by atoms with Crippen molar-refractivity contribution in [2.24, 2.45) is 5.41 Å². The minimum Gasteiger partial charge on any atom is -0.274 e. The Hall–Kier alpha value is -1.90. The van der Waals surface area contributed by atoms with Crippen LogP contribution >= 0.6 is 0 Å². The largest absolute Gasteiger partial charge is 0.274 e. The van der Waals surface area contributed by atoms with E-state index in [0.29, 0.717) is 12.0 Å². The van der Waals surface area contributed by atoms with Gasteiger partial charge in [-0.15, -0.1) is 0 Å². The van der Waals surface area contributed by atoms with Crippen LogP contribution < -0.4 is 0 Å². The molecule has 0 radical (unpaired) electrons. The van der Waals surface area contributed by atoms with Gasteiger partial charge in [-0.25, -0.2) is 0 Å². The van der Waals surface area contributed by atoms with E-state index in [-0.39, 0.29) is 17.9 Å². The monoisotopic (exact) mass is 257 g/mol. The molecule has 1 fully saturated rings. The molecule has 100 valence electrons. The Balaban J connectivity index is 2.40. The first-order valence-electron chi connectivity index (χ1n) is 6.43. The molecular weight excluding hydrogens is 238 g/mol. The van der Waals surface area contributed by atoms with Gasteiger partial charge < -0.3 is 0 Å². The van der Waals surface area contributed by atoms with Gasteiger partial charge in [0, 0.05) is 17.4 Å². The summed E-state index contributed by atoms with van der Waals surface area (Å²) in [6, 6.07) is 9.43. The Morgan fingerprint density at radius 3 is 2.37 bits per heavy atom. The van der Waals surface area contributed by atoms with Crippen LogP contribution in [-0.2, 0) is 9.59 Å². The van der Waals surface area contributed by atoms with Crippen molar-refractivity contribution in [2.75, 3.05) is 0 Å². The molecule has 1 aromatic rings. The van der Waals surface area contributed by atoms with Crippen molar-refractivity contribution in [1.82, 2.24) is 4.90 Å². The fourth-order valence-corrected chi connectivity index (χ4v) is 2.26. The summed E-state index contributed by atoms with van der Waals surface area (Å²) in [5.41, 5.74) is 0.909. The van der Waals surface area contributed by atoms with E-state index in [1.54, 1.807) is 0 Å². The minimum absolute atomic E-state index is 0.148. The highest BCUT2D eigenvalue weighted by Crippen LogP contribution is 2.37. The molecule has 0 aliphatic carbocycles. The van der Waals surface area contributed by atoms with Crippen LogP contribution in [0.1, 0.15) is 38.8 Å². The number of likely N-dealkylation sites (tertiary alicyclic amines) is 1. The molecule has 1 aliphatic heterocycles. The number of hydrogen-bond donors (Lipinski definition) is 0. The number of carbonyl (C=O) groups excluding carboxylic acids is 2. The zero-order valence-electron chi connectivity index (χ0n) is 11.6. The zero-order valence-corrected chi connectivity index (χ0v) is 11.6. The van der Waals surface area contributed by atoms with Gasteiger partial charge >= 0.3 is 0 Å². The van der Waals surface area contributed by atoms with Gasteiger partial charge in [-0.2, -0.15) is 0 Å². The molecule has 0 aromatic heterocycles. The van der Waals surface area contributed by atoms with Crippen molar-refractivity contribution in [1.29, 1.82) is 0 Å². The predicted molar refractivity (Wildman–Crippen MR) is 74.2 cm³/mol. The highest BCUT2D eigenvalue weighted by molar-refractivity contribution is 6.07. The van der Waals surface area contributed by atoms with E-state index in [1.807, 2.05) is 51.1 Å². The average Bonchev–Trinajstić information content (AvgIpc) is 2.65. The Bertz CT molecular complexity index is 525. The number of hydrogen-bond acceptors (Lipinski definition) is 2. The topological polar surface area (TPSA) is 37.4 Å². The Morgan fingerprint density at radius 2 is 1.84 bits per heavy atom. The van der Waals surface area contributed by atoms with E-state index < -0.39 is 5.41 Å². The SMILES string of the molecule is C=C1C[C@@H](c2ccccc2)N(C(=O)C(C)(C)C)C1=O. The number of benzene rings is 1. The van der Waals surface area contributed by atoms with Crippen molar-refractivity contribution >= 4 is 11.8 Å². The van der Waals surface area contributed by atoms with E-state index in [1.165, 1.54) is 4.90 Å². The highest BCUT2D eigenvalue weighted by atomic mass is 16.2. The van der Waals surface area contributed by atoms with Gasteiger partial charge in [0.2, 0.25) is 5.91 Å². The van der Waals surface area contributed by atoms with Crippen LogP contribution in [0, 0.1) is 5.41 Å². The van der Waals surface area contributed by atoms with Crippen molar-refractivity contribution in [3.05, 3.63) is 48.0 Å². The molecule has 0 unspecified atom stereocenters. The standard InChI is InChI=1S/C16H19NO2/c1-11-10-13(12-8-6-5-7-9-12)17(14(11)18)15(19)16(2,3)4/h5-9,13H,1,10H2,2-4H3/t13-/m0/s1. The molecule has 1 heterocycles. The molecule has 0 saturated carbocycles. The minimum atomic E-state index is -0.576. The van der Waals surface area contributed by atoms with Gasteiger partial charge in [0.1, 0.15) is 0 Å². The number of carbonyl (C=O) groups is 2. The van der Waals surface area contributed by atoms with Gasteiger partial charge in [0.25, 0.3) is 5.91 Å². The van der Waals surface area contributed by atoms with Crippen LogP contribution in [0.4, 0.5) is 0 Å². The summed E-state index contributed by atoms with van der Waals surface area (Å²) in [5.74, 6) is -0.390. The Labute approximate surface area is 113 Å². The van der Waals surface area contributed by atoms with Gasteiger partial charge in [0.05, 0.1) is 6.04 Å². The van der Waals surface area contributed by atoms with Crippen LogP contribution in [0.25, 0.3) is 0 Å². The van der Waals surface area contributed by atoms with Crippen LogP contribution in [0.3, 0.4) is 0 Å². The molecule has 2 amide bonds. The molecule has 2 rings (SSSR count). The van der Waals surface area contributed by atoms with E-state index in [4.69, 9.17) is 0 Å². The van der Waals surface area contributed by atoms with Crippen molar-refractivity contribution < 1.29 is 9.59 Å². The smallest absolute Gasteiger partial charge is 0.256 e. The zero-order chi connectivity index (χ0) is 14.2. The molecular formula is C16H19NO2. The first kappa shape index (κ1) is 13.5. The fourth-order valence-electron chi connectivity index (χ4n) is 2.26. The molecule has 3 nitrogen and oxygen atoms in total. The predicted octanol–water partition coefficient (Wildman–Crippen LogP) is 3.09. The van der Waals surface area contributed by atoms with Crippen molar-refractivity contribution in [3.8, 4) is 0 Å². The number of nitrogens with zero attached hydrogens (tertiary/aromatic N) is 1. The molecule has 1 saturated heterocycles. The lowest BCUT2D eigenvalue weighted by molar-refractivity contribution is -0.148. The van der Waals surface area contributed by atoms with Crippen molar-refractivity contribution in [3.63, 3.8) is 0 Å². The van der Waals surface area contributed by atoms with E-state index in [2.05, 4.69) is 6.58 Å². The number of rotatable bonds is 1. The molecule has 0 bridgehead atoms. The number of amides is 2. The van der Waals surface area contributed by atoms with Gasteiger partial charge in [-0.3, -0.25) is 14.5 Å². The van der Waals surface area contributed by atoms with Gasteiger partial charge in [0.15, 0.2) is 0 Å². The third-order valence-electron chi connectivity index (χ3n) is 3.32. The molecule has 0 spiro atoms. The third kappa shape index (κ3) is 2.46. The lowest BCUT2D eigenvalue weighted by Crippen LogP contribution is -2.41.